The van der Waals surface area contributed by atoms with Gasteiger partial charge >= 0.3 is 0 Å². The number of hydrogen-bond acceptors (Lipinski definition) is 1. The van der Waals surface area contributed by atoms with Gasteiger partial charge in [-0.25, -0.2) is 4.39 Å². The van der Waals surface area contributed by atoms with Crippen LogP contribution < -0.4 is 0 Å². The molecule has 1 aromatic carbocycles. The van der Waals surface area contributed by atoms with Gasteiger partial charge in [-0.15, -0.1) is 11.3 Å². The summed E-state index contributed by atoms with van der Waals surface area (Å²) in [6, 6.07) is 5.96. The highest BCUT2D eigenvalue weighted by Crippen LogP contribution is 2.32. The highest BCUT2D eigenvalue weighted by Gasteiger charge is 2.10. The maximum Gasteiger partial charge on any atom is 0.145 e. The van der Waals surface area contributed by atoms with Crippen LogP contribution in [0.25, 0.3) is 10.1 Å². The molecule has 0 aliphatic rings. The van der Waals surface area contributed by atoms with E-state index in [0.717, 1.165) is 21.4 Å². The molecule has 1 aromatic heterocycles. The van der Waals surface area contributed by atoms with E-state index >= 15 is 0 Å². The number of aryl methyl sites for hydroxylation is 1. The first-order valence-electron chi connectivity index (χ1n) is 4.52. The molecule has 2 rings (SSSR count). The van der Waals surface area contributed by atoms with Gasteiger partial charge in [0.1, 0.15) is 5.82 Å². The van der Waals surface area contributed by atoms with Crippen LogP contribution in [0.4, 0.5) is 4.39 Å². The highest BCUT2D eigenvalue weighted by molar-refractivity contribution is 9.08. The maximum atomic E-state index is 13.6. The summed E-state index contributed by atoms with van der Waals surface area (Å²) >= 11 is 4.82. The summed E-state index contributed by atoms with van der Waals surface area (Å²) in [5, 5.41) is 1.35. The van der Waals surface area contributed by atoms with Crippen molar-refractivity contribution in [2.45, 2.75) is 18.7 Å². The van der Waals surface area contributed by atoms with Crippen molar-refractivity contribution < 1.29 is 4.39 Å². The molecule has 0 aliphatic carbocycles. The van der Waals surface area contributed by atoms with Crippen molar-refractivity contribution in [2.24, 2.45) is 0 Å². The Morgan fingerprint density at radius 2 is 2.21 bits per heavy atom. The Kier molecular flexibility index (Phi) is 2.88. The minimum Gasteiger partial charge on any atom is -0.205 e. The third kappa shape index (κ3) is 1.59. The van der Waals surface area contributed by atoms with Crippen molar-refractivity contribution in [3.05, 3.63) is 34.5 Å². The average Bonchev–Trinajstić information content (AvgIpc) is 2.55. The first-order chi connectivity index (χ1) is 6.76. The van der Waals surface area contributed by atoms with E-state index in [1.807, 2.05) is 12.1 Å². The molecule has 0 fully saturated rings. The van der Waals surface area contributed by atoms with Crippen LogP contribution in [0.15, 0.2) is 18.2 Å². The topological polar surface area (TPSA) is 0 Å². The first-order valence-corrected chi connectivity index (χ1v) is 6.45. The molecule has 1 heterocycles. The predicted octanol–water partition coefficient (Wildman–Crippen LogP) is 4.50. The van der Waals surface area contributed by atoms with Crippen LogP contribution >= 0.6 is 27.3 Å². The number of hydrogen-bond donors (Lipinski definition) is 0. The molecular formula is C11H10BrFS. The lowest BCUT2D eigenvalue weighted by Gasteiger charge is -1.95. The Hall–Kier alpha value is -0.410. The molecule has 0 spiro atoms. The van der Waals surface area contributed by atoms with E-state index in [4.69, 9.17) is 0 Å². The molecule has 0 nitrogen and oxygen atoms in total. The summed E-state index contributed by atoms with van der Waals surface area (Å²) in [7, 11) is 0. The molecule has 0 N–H and O–H groups in total. The Balaban J connectivity index is 2.66. The molecule has 0 unspecified atom stereocenters. The van der Waals surface area contributed by atoms with Crippen molar-refractivity contribution in [1.29, 1.82) is 0 Å². The molecule has 0 saturated heterocycles. The summed E-state index contributed by atoms with van der Waals surface area (Å²) in [6.45, 7) is 2.11. The molecule has 0 aliphatic heterocycles. The van der Waals surface area contributed by atoms with Gasteiger partial charge in [-0.1, -0.05) is 35.0 Å². The molecule has 0 saturated carbocycles. The van der Waals surface area contributed by atoms with Gasteiger partial charge in [0.25, 0.3) is 0 Å². The number of halogens is 2. The van der Waals surface area contributed by atoms with Gasteiger partial charge in [-0.2, -0.15) is 0 Å². The van der Waals surface area contributed by atoms with Crippen LogP contribution in [-0.4, -0.2) is 0 Å². The van der Waals surface area contributed by atoms with Gasteiger partial charge < -0.3 is 0 Å². The lowest BCUT2D eigenvalue weighted by Crippen LogP contribution is -1.78. The third-order valence-corrected chi connectivity index (χ3v) is 4.35. The highest BCUT2D eigenvalue weighted by atomic mass is 79.9. The van der Waals surface area contributed by atoms with Gasteiger partial charge in [0, 0.05) is 15.4 Å². The minimum absolute atomic E-state index is 0.0653. The average molecular weight is 273 g/mol. The summed E-state index contributed by atoms with van der Waals surface area (Å²) in [6.07, 6.45) is 0.999. The van der Waals surface area contributed by atoms with E-state index in [2.05, 4.69) is 28.9 Å². The minimum atomic E-state index is -0.0653. The molecule has 0 atom stereocenters. The standard InChI is InChI=1S/C11H10BrFS/c1-2-7-3-4-8-9(5-7)14-10(6-12)11(8)13/h3-5H,2,6H2,1H3. The fraction of sp³-hybridized carbons (Fsp3) is 0.273. The number of alkyl halides is 1. The number of thiophene rings is 1. The van der Waals surface area contributed by atoms with Gasteiger partial charge in [-0.05, 0) is 18.1 Å². The van der Waals surface area contributed by atoms with Crippen molar-refractivity contribution >= 4 is 37.4 Å². The second-order valence-electron chi connectivity index (χ2n) is 3.16. The van der Waals surface area contributed by atoms with Gasteiger partial charge in [0.05, 0.1) is 4.88 Å². The number of rotatable bonds is 2. The monoisotopic (exact) mass is 272 g/mol. The molecule has 0 amide bonds. The first kappa shape index (κ1) is 10.1. The molecule has 3 heteroatoms. The zero-order valence-corrected chi connectivity index (χ0v) is 10.2. The summed E-state index contributed by atoms with van der Waals surface area (Å²) in [5.74, 6) is -0.0653. The van der Waals surface area contributed by atoms with Crippen LogP contribution in [0.1, 0.15) is 17.4 Å². The molecule has 0 bridgehead atoms. The van der Waals surface area contributed by atoms with Crippen molar-refractivity contribution in [2.75, 3.05) is 0 Å². The Labute approximate surface area is 94.9 Å². The van der Waals surface area contributed by atoms with Crippen molar-refractivity contribution in [1.82, 2.24) is 0 Å². The van der Waals surface area contributed by atoms with E-state index in [1.165, 1.54) is 16.9 Å². The Bertz CT molecular complexity index is 462. The lowest BCUT2D eigenvalue weighted by molar-refractivity contribution is 0.636. The van der Waals surface area contributed by atoms with Crippen LogP contribution in [-0.2, 0) is 11.8 Å². The summed E-state index contributed by atoms with van der Waals surface area (Å²) < 4.78 is 14.7. The van der Waals surface area contributed by atoms with Crippen LogP contribution in [0.5, 0.6) is 0 Å². The molecule has 2 aromatic rings. The van der Waals surface area contributed by atoms with Crippen molar-refractivity contribution in [3.8, 4) is 0 Å². The molecule has 14 heavy (non-hydrogen) atoms. The van der Waals surface area contributed by atoms with Crippen molar-refractivity contribution in [3.63, 3.8) is 0 Å². The fourth-order valence-electron chi connectivity index (χ4n) is 1.47. The fourth-order valence-corrected chi connectivity index (χ4v) is 3.05. The largest absolute Gasteiger partial charge is 0.205 e. The van der Waals surface area contributed by atoms with Crippen LogP contribution in [0, 0.1) is 5.82 Å². The third-order valence-electron chi connectivity index (χ3n) is 2.29. The maximum absolute atomic E-state index is 13.6. The number of benzene rings is 1. The van der Waals surface area contributed by atoms with Gasteiger partial charge in [0.2, 0.25) is 0 Å². The van der Waals surface area contributed by atoms with E-state index in [-0.39, 0.29) is 5.82 Å². The van der Waals surface area contributed by atoms with E-state index < -0.39 is 0 Å². The Morgan fingerprint density at radius 3 is 2.86 bits per heavy atom. The normalized spacial score (nSPS) is 11.1. The summed E-state index contributed by atoms with van der Waals surface area (Å²) in [4.78, 5) is 0.785. The lowest BCUT2D eigenvalue weighted by atomic mass is 10.1. The quantitative estimate of drug-likeness (QED) is 0.707. The molecular weight excluding hydrogens is 263 g/mol. The van der Waals surface area contributed by atoms with Crippen LogP contribution in [0.3, 0.4) is 0 Å². The second kappa shape index (κ2) is 3.99. The van der Waals surface area contributed by atoms with E-state index in [0.29, 0.717) is 5.33 Å². The van der Waals surface area contributed by atoms with Gasteiger partial charge in [0.15, 0.2) is 0 Å². The predicted molar refractivity (Wildman–Crippen MR) is 63.8 cm³/mol. The Morgan fingerprint density at radius 1 is 1.43 bits per heavy atom. The summed E-state index contributed by atoms with van der Waals surface area (Å²) in [5.41, 5.74) is 1.26. The number of fused-ring (bicyclic) bond motifs is 1. The second-order valence-corrected chi connectivity index (χ2v) is 4.85. The van der Waals surface area contributed by atoms with Crippen LogP contribution in [0.2, 0.25) is 0 Å². The zero-order chi connectivity index (χ0) is 10.1. The zero-order valence-electron chi connectivity index (χ0n) is 7.81. The molecule has 0 radical (unpaired) electrons. The van der Waals surface area contributed by atoms with Gasteiger partial charge in [-0.3, -0.25) is 0 Å². The van der Waals surface area contributed by atoms with E-state index in [9.17, 15) is 4.39 Å². The smallest absolute Gasteiger partial charge is 0.145 e. The SMILES string of the molecule is CCc1ccc2c(F)c(CBr)sc2c1. The molecule has 74 valence electrons. The van der Waals surface area contributed by atoms with E-state index in [1.54, 1.807) is 0 Å².